The summed E-state index contributed by atoms with van der Waals surface area (Å²) in [5.41, 5.74) is 0. The molecule has 0 aromatic carbocycles. The molecule has 1 aromatic heterocycles. The highest BCUT2D eigenvalue weighted by molar-refractivity contribution is 9.10. The normalized spacial score (nSPS) is 11.6. The van der Waals surface area contributed by atoms with E-state index < -0.39 is 14.9 Å². The number of pyridine rings is 1. The summed E-state index contributed by atoms with van der Waals surface area (Å²) in [6, 6.07) is 0.974. The molecule has 1 aromatic rings. The van der Waals surface area contributed by atoms with Crippen LogP contribution in [0.25, 0.3) is 0 Å². The SMILES string of the molecule is O=S(=O)(Cl)c1ncc(F)cc1Br. The minimum Gasteiger partial charge on any atom is -0.239 e. The van der Waals surface area contributed by atoms with Gasteiger partial charge in [0.1, 0.15) is 5.82 Å². The molecular weight excluding hydrogens is 272 g/mol. The van der Waals surface area contributed by atoms with E-state index in [1.165, 1.54) is 0 Å². The van der Waals surface area contributed by atoms with E-state index in [-0.39, 0.29) is 9.50 Å². The van der Waals surface area contributed by atoms with Crippen molar-refractivity contribution in [2.75, 3.05) is 0 Å². The van der Waals surface area contributed by atoms with E-state index >= 15 is 0 Å². The van der Waals surface area contributed by atoms with E-state index in [4.69, 9.17) is 10.7 Å². The van der Waals surface area contributed by atoms with E-state index in [2.05, 4.69) is 20.9 Å². The van der Waals surface area contributed by atoms with Gasteiger partial charge in [0.05, 0.1) is 10.7 Å². The molecular formula is C5H2BrClFNO2S. The Morgan fingerprint density at radius 2 is 2.17 bits per heavy atom. The highest BCUT2D eigenvalue weighted by atomic mass is 79.9. The van der Waals surface area contributed by atoms with E-state index in [9.17, 15) is 12.8 Å². The molecule has 0 N–H and O–H groups in total. The van der Waals surface area contributed by atoms with Crippen molar-refractivity contribution in [1.29, 1.82) is 0 Å². The topological polar surface area (TPSA) is 47.0 Å². The largest absolute Gasteiger partial charge is 0.279 e. The molecule has 0 spiro atoms. The Bertz CT molecular complexity index is 408. The summed E-state index contributed by atoms with van der Waals surface area (Å²) in [6.45, 7) is 0. The maximum atomic E-state index is 12.4. The van der Waals surface area contributed by atoms with Crippen molar-refractivity contribution in [2.45, 2.75) is 5.03 Å². The van der Waals surface area contributed by atoms with Gasteiger partial charge in [-0.1, -0.05) is 0 Å². The molecule has 1 rings (SSSR count). The zero-order valence-corrected chi connectivity index (χ0v) is 8.62. The lowest BCUT2D eigenvalue weighted by Gasteiger charge is -1.97. The standard InChI is InChI=1S/C5H2BrClFNO2S/c6-4-1-3(8)2-9-5(4)12(7,10)11/h1-2H. The summed E-state index contributed by atoms with van der Waals surface area (Å²) in [5.74, 6) is -0.633. The fourth-order valence-corrected chi connectivity index (χ4v) is 2.66. The second-order valence-corrected chi connectivity index (χ2v) is 5.21. The molecule has 0 amide bonds. The molecule has 0 saturated carbocycles. The molecule has 1 heterocycles. The fourth-order valence-electron chi connectivity index (χ4n) is 0.581. The van der Waals surface area contributed by atoms with Crippen LogP contribution in [0.2, 0.25) is 0 Å². The molecule has 7 heteroatoms. The van der Waals surface area contributed by atoms with Crippen molar-refractivity contribution >= 4 is 35.7 Å². The average Bonchev–Trinajstić information content (AvgIpc) is 1.83. The summed E-state index contributed by atoms with van der Waals surface area (Å²) in [5, 5.41) is -0.384. The third kappa shape index (κ3) is 2.15. The number of hydrogen-bond donors (Lipinski definition) is 0. The summed E-state index contributed by atoms with van der Waals surface area (Å²) >= 11 is 2.82. The Morgan fingerprint density at radius 1 is 1.58 bits per heavy atom. The lowest BCUT2D eigenvalue weighted by Crippen LogP contribution is -1.96. The molecule has 0 unspecified atom stereocenters. The summed E-state index contributed by atoms with van der Waals surface area (Å²) < 4.78 is 33.8. The van der Waals surface area contributed by atoms with Crippen LogP contribution in [0.4, 0.5) is 4.39 Å². The van der Waals surface area contributed by atoms with Crippen LogP contribution in [0.1, 0.15) is 0 Å². The van der Waals surface area contributed by atoms with Crippen molar-refractivity contribution in [1.82, 2.24) is 4.98 Å². The molecule has 0 aliphatic rings. The molecule has 3 nitrogen and oxygen atoms in total. The molecule has 0 fully saturated rings. The van der Waals surface area contributed by atoms with E-state index in [1.54, 1.807) is 0 Å². The van der Waals surface area contributed by atoms with Gasteiger partial charge in [-0.3, -0.25) is 0 Å². The smallest absolute Gasteiger partial charge is 0.239 e. The Kier molecular flexibility index (Phi) is 2.70. The highest BCUT2D eigenvalue weighted by Gasteiger charge is 2.16. The lowest BCUT2D eigenvalue weighted by atomic mass is 10.5. The lowest BCUT2D eigenvalue weighted by molar-refractivity contribution is 0.598. The molecule has 0 atom stereocenters. The predicted molar refractivity (Wildman–Crippen MR) is 44.9 cm³/mol. The highest BCUT2D eigenvalue weighted by Crippen LogP contribution is 2.22. The van der Waals surface area contributed by atoms with Crippen molar-refractivity contribution in [3.63, 3.8) is 0 Å². The van der Waals surface area contributed by atoms with Gasteiger partial charge in [-0.05, 0) is 22.0 Å². The van der Waals surface area contributed by atoms with Gasteiger partial charge in [0.25, 0.3) is 9.05 Å². The van der Waals surface area contributed by atoms with Crippen LogP contribution in [0.5, 0.6) is 0 Å². The van der Waals surface area contributed by atoms with Gasteiger partial charge in [-0.2, -0.15) is 0 Å². The van der Waals surface area contributed by atoms with Gasteiger partial charge >= 0.3 is 0 Å². The summed E-state index contributed by atoms with van der Waals surface area (Å²) in [7, 11) is 1.07. The first kappa shape index (κ1) is 9.88. The zero-order valence-electron chi connectivity index (χ0n) is 5.46. The number of hydrogen-bond acceptors (Lipinski definition) is 3. The monoisotopic (exact) mass is 273 g/mol. The third-order valence-electron chi connectivity index (χ3n) is 1.01. The molecule has 0 saturated heterocycles. The molecule has 0 aliphatic carbocycles. The van der Waals surface area contributed by atoms with Crippen LogP contribution in [0, 0.1) is 5.82 Å². The van der Waals surface area contributed by atoms with Crippen LogP contribution < -0.4 is 0 Å². The average molecular weight is 274 g/mol. The second kappa shape index (κ2) is 3.27. The molecule has 0 radical (unpaired) electrons. The predicted octanol–water partition coefficient (Wildman–Crippen LogP) is 1.91. The van der Waals surface area contributed by atoms with Crippen molar-refractivity contribution in [2.24, 2.45) is 0 Å². The minimum absolute atomic E-state index is 0.0116. The maximum absolute atomic E-state index is 12.4. The molecule has 0 bridgehead atoms. The molecule has 12 heavy (non-hydrogen) atoms. The first-order valence-corrected chi connectivity index (χ1v) is 5.77. The Balaban J connectivity index is 3.39. The van der Waals surface area contributed by atoms with Gasteiger partial charge in [0, 0.05) is 10.7 Å². The first-order chi connectivity index (χ1) is 5.41. The fraction of sp³-hybridized carbons (Fsp3) is 0. The van der Waals surface area contributed by atoms with E-state index in [1.807, 2.05) is 0 Å². The zero-order chi connectivity index (χ0) is 9.35. The van der Waals surface area contributed by atoms with Crippen molar-refractivity contribution < 1.29 is 12.8 Å². The van der Waals surface area contributed by atoms with Crippen LogP contribution in [-0.4, -0.2) is 13.4 Å². The van der Waals surface area contributed by atoms with Gasteiger partial charge in [0.15, 0.2) is 5.03 Å². The van der Waals surface area contributed by atoms with E-state index in [0.717, 1.165) is 12.3 Å². The Morgan fingerprint density at radius 3 is 2.58 bits per heavy atom. The van der Waals surface area contributed by atoms with Gasteiger partial charge in [-0.15, -0.1) is 0 Å². The second-order valence-electron chi connectivity index (χ2n) is 1.88. The molecule has 0 aliphatic heterocycles. The minimum atomic E-state index is -3.90. The number of nitrogens with zero attached hydrogens (tertiary/aromatic N) is 1. The summed E-state index contributed by atoms with van der Waals surface area (Å²) in [4.78, 5) is 3.31. The van der Waals surface area contributed by atoms with Crippen LogP contribution in [0.15, 0.2) is 21.8 Å². The van der Waals surface area contributed by atoms with Crippen LogP contribution >= 0.6 is 26.6 Å². The molecule has 66 valence electrons. The Hall–Kier alpha value is -0.200. The summed E-state index contributed by atoms with van der Waals surface area (Å²) in [6.07, 6.45) is 0.778. The third-order valence-corrected chi connectivity index (χ3v) is 3.10. The number of aromatic nitrogens is 1. The van der Waals surface area contributed by atoms with Crippen molar-refractivity contribution in [3.05, 3.63) is 22.6 Å². The van der Waals surface area contributed by atoms with E-state index in [0.29, 0.717) is 0 Å². The number of rotatable bonds is 1. The Labute approximate surface area is 81.1 Å². The maximum Gasteiger partial charge on any atom is 0.279 e. The quantitative estimate of drug-likeness (QED) is 0.735. The van der Waals surface area contributed by atoms with Gasteiger partial charge in [0.2, 0.25) is 0 Å². The first-order valence-electron chi connectivity index (χ1n) is 2.67. The van der Waals surface area contributed by atoms with Crippen molar-refractivity contribution in [3.8, 4) is 0 Å². The van der Waals surface area contributed by atoms with Crippen LogP contribution in [0.3, 0.4) is 0 Å². The number of halogens is 3. The van der Waals surface area contributed by atoms with Gasteiger partial charge < -0.3 is 0 Å². The van der Waals surface area contributed by atoms with Crippen LogP contribution in [-0.2, 0) is 9.05 Å². The van der Waals surface area contributed by atoms with Gasteiger partial charge in [-0.25, -0.2) is 17.8 Å².